The summed E-state index contributed by atoms with van der Waals surface area (Å²) in [6.07, 6.45) is 4.06. The minimum atomic E-state index is 0.272. The van der Waals surface area contributed by atoms with Crippen LogP contribution in [0.2, 0.25) is 0 Å². The number of hydrogen-bond donors (Lipinski definition) is 0. The molecular formula is C6H12S. The van der Waals surface area contributed by atoms with E-state index in [0.29, 0.717) is 5.25 Å². The van der Waals surface area contributed by atoms with E-state index in [1.807, 2.05) is 6.08 Å². The molecule has 0 saturated carbocycles. The summed E-state index contributed by atoms with van der Waals surface area (Å²) < 4.78 is 0. The molecule has 2 atom stereocenters. The van der Waals surface area contributed by atoms with Crippen LogP contribution in [0.1, 0.15) is 6.92 Å². The second kappa shape index (κ2) is 3.03. The highest BCUT2D eigenvalue weighted by Crippen LogP contribution is 2.11. The average Bonchev–Trinajstić information content (AvgIpc) is 1.65. The van der Waals surface area contributed by atoms with Gasteiger partial charge in [-0.25, -0.2) is 0 Å². The minimum absolute atomic E-state index is 0.272. The van der Waals surface area contributed by atoms with Crippen LogP contribution in [-0.2, 0) is 0 Å². The molecule has 1 heteroatoms. The Kier molecular flexibility index (Phi) is 3.01. The van der Waals surface area contributed by atoms with Gasteiger partial charge in [-0.3, -0.25) is 0 Å². The maximum absolute atomic E-state index is 3.87. The van der Waals surface area contributed by atoms with Crippen LogP contribution in [-0.4, -0.2) is 17.4 Å². The van der Waals surface area contributed by atoms with Gasteiger partial charge in [-0.2, -0.15) is 10.5 Å². The Bertz CT molecular complexity index is 84.2. The molecule has 0 aromatic heterocycles. The molecule has 2 unspecified atom stereocenters. The van der Waals surface area contributed by atoms with E-state index in [-0.39, 0.29) is 10.5 Å². The van der Waals surface area contributed by atoms with Crippen molar-refractivity contribution in [2.24, 2.45) is 0 Å². The molecule has 0 saturated heterocycles. The van der Waals surface area contributed by atoms with Crippen molar-refractivity contribution in [1.82, 2.24) is 0 Å². The molecule has 0 aromatic rings. The van der Waals surface area contributed by atoms with Gasteiger partial charge in [-0.05, 0) is 6.26 Å². The summed E-state index contributed by atoms with van der Waals surface area (Å²) in [6, 6.07) is 0. The topological polar surface area (TPSA) is 0 Å². The zero-order chi connectivity index (χ0) is 5.86. The molecule has 0 N–H and O–H groups in total. The van der Waals surface area contributed by atoms with Crippen molar-refractivity contribution >= 4 is 16.4 Å². The predicted octanol–water partition coefficient (Wildman–Crippen LogP) is 1.89. The van der Waals surface area contributed by atoms with Gasteiger partial charge >= 0.3 is 0 Å². The van der Waals surface area contributed by atoms with Gasteiger partial charge in [-0.1, -0.05) is 18.9 Å². The first-order valence-corrected chi connectivity index (χ1v) is 4.12. The Hall–Kier alpha value is -0.0400. The molecule has 0 rings (SSSR count). The monoisotopic (exact) mass is 116 g/mol. The summed E-state index contributed by atoms with van der Waals surface area (Å²) in [5, 5.41) is 0.583. The van der Waals surface area contributed by atoms with E-state index < -0.39 is 0 Å². The van der Waals surface area contributed by atoms with Gasteiger partial charge in [-0.15, -0.1) is 6.58 Å². The van der Waals surface area contributed by atoms with Crippen LogP contribution in [0.25, 0.3) is 0 Å². The Morgan fingerprint density at radius 3 is 2.14 bits per heavy atom. The smallest absolute Gasteiger partial charge is 0.0138 e. The minimum Gasteiger partial charge on any atom is -0.190 e. The summed E-state index contributed by atoms with van der Waals surface area (Å²) in [4.78, 5) is 0. The standard InChI is InChI=1S/C6H12S/c1-5-6(2)7(3)4/h5-6H,1,3H2,2,4H3. The fraction of sp³-hybridized carbons (Fsp3) is 0.500. The van der Waals surface area contributed by atoms with Gasteiger partial charge in [0.05, 0.1) is 0 Å². The summed E-state index contributed by atoms with van der Waals surface area (Å²) in [5.74, 6) is 3.87. The first-order valence-electron chi connectivity index (χ1n) is 2.25. The molecule has 0 heterocycles. The van der Waals surface area contributed by atoms with E-state index in [0.717, 1.165) is 0 Å². The van der Waals surface area contributed by atoms with Crippen molar-refractivity contribution < 1.29 is 0 Å². The van der Waals surface area contributed by atoms with Crippen LogP contribution in [0.4, 0.5) is 0 Å². The van der Waals surface area contributed by atoms with Gasteiger partial charge in [0.15, 0.2) is 0 Å². The third-order valence-electron chi connectivity index (χ3n) is 0.967. The van der Waals surface area contributed by atoms with E-state index in [9.17, 15) is 0 Å². The number of hydrogen-bond acceptors (Lipinski definition) is 0. The first-order chi connectivity index (χ1) is 3.18. The Morgan fingerprint density at radius 2 is 2.14 bits per heavy atom. The molecule has 0 aromatic carbocycles. The average molecular weight is 116 g/mol. The summed E-state index contributed by atoms with van der Waals surface area (Å²) in [7, 11) is 0.272. The van der Waals surface area contributed by atoms with Crippen molar-refractivity contribution in [2.45, 2.75) is 12.2 Å². The fourth-order valence-electron chi connectivity index (χ4n) is 0.164. The van der Waals surface area contributed by atoms with Crippen LogP contribution in [0.5, 0.6) is 0 Å². The maximum Gasteiger partial charge on any atom is 0.0138 e. The summed E-state index contributed by atoms with van der Waals surface area (Å²) in [5.41, 5.74) is 0. The third kappa shape index (κ3) is 2.63. The molecule has 0 spiro atoms. The van der Waals surface area contributed by atoms with Crippen LogP contribution in [0.3, 0.4) is 0 Å². The van der Waals surface area contributed by atoms with Crippen LogP contribution >= 0.6 is 10.5 Å². The first kappa shape index (κ1) is 6.96. The molecule has 7 heavy (non-hydrogen) atoms. The molecule has 0 nitrogen and oxygen atoms in total. The van der Waals surface area contributed by atoms with E-state index in [1.54, 1.807) is 0 Å². The molecule has 0 bridgehead atoms. The van der Waals surface area contributed by atoms with E-state index in [4.69, 9.17) is 0 Å². The van der Waals surface area contributed by atoms with Gasteiger partial charge in [0, 0.05) is 5.25 Å². The highest BCUT2D eigenvalue weighted by atomic mass is 32.2. The van der Waals surface area contributed by atoms with Gasteiger partial charge in [0.1, 0.15) is 0 Å². The third-order valence-corrected chi connectivity index (χ3v) is 2.43. The van der Waals surface area contributed by atoms with Gasteiger partial charge < -0.3 is 0 Å². The molecule has 0 aliphatic rings. The molecule has 0 amide bonds. The SMILES string of the molecule is C=CC(C)S(=C)C. The van der Waals surface area contributed by atoms with Crippen LogP contribution < -0.4 is 0 Å². The normalized spacial score (nSPS) is 18.0. The van der Waals surface area contributed by atoms with Crippen molar-refractivity contribution in [2.75, 3.05) is 6.26 Å². The molecule has 0 aliphatic carbocycles. The highest BCUT2D eigenvalue weighted by molar-refractivity contribution is 8.14. The van der Waals surface area contributed by atoms with E-state index in [2.05, 4.69) is 25.6 Å². The lowest BCUT2D eigenvalue weighted by Gasteiger charge is -2.02. The summed E-state index contributed by atoms with van der Waals surface area (Å²) in [6.45, 7) is 5.78. The zero-order valence-corrected chi connectivity index (χ0v) is 5.79. The van der Waals surface area contributed by atoms with Crippen molar-refractivity contribution in [3.05, 3.63) is 12.7 Å². The number of rotatable bonds is 2. The molecule has 42 valence electrons. The van der Waals surface area contributed by atoms with E-state index in [1.165, 1.54) is 0 Å². The van der Waals surface area contributed by atoms with Gasteiger partial charge in [0.25, 0.3) is 0 Å². The van der Waals surface area contributed by atoms with Crippen LogP contribution in [0, 0.1) is 0 Å². The van der Waals surface area contributed by atoms with Crippen molar-refractivity contribution in [1.29, 1.82) is 0 Å². The molecule has 0 aliphatic heterocycles. The molecule has 0 radical (unpaired) electrons. The van der Waals surface area contributed by atoms with Crippen molar-refractivity contribution in [3.8, 4) is 0 Å². The molecular weight excluding hydrogens is 104 g/mol. The van der Waals surface area contributed by atoms with E-state index >= 15 is 0 Å². The fourth-order valence-corrected chi connectivity index (χ4v) is 0.493. The van der Waals surface area contributed by atoms with Crippen molar-refractivity contribution in [3.63, 3.8) is 0 Å². The quantitative estimate of drug-likeness (QED) is 0.382. The lowest BCUT2D eigenvalue weighted by Crippen LogP contribution is -1.88. The lowest BCUT2D eigenvalue weighted by molar-refractivity contribution is 1.26. The second-order valence-corrected chi connectivity index (χ2v) is 3.76. The zero-order valence-electron chi connectivity index (χ0n) is 4.98. The largest absolute Gasteiger partial charge is 0.190 e. The predicted molar refractivity (Wildman–Crippen MR) is 40.3 cm³/mol. The highest BCUT2D eigenvalue weighted by Gasteiger charge is 1.89. The van der Waals surface area contributed by atoms with Crippen LogP contribution in [0.15, 0.2) is 12.7 Å². The lowest BCUT2D eigenvalue weighted by atomic mass is 10.5. The maximum atomic E-state index is 3.87. The second-order valence-electron chi connectivity index (χ2n) is 1.63. The molecule has 0 fully saturated rings. The Balaban J connectivity index is 3.55. The summed E-state index contributed by atoms with van der Waals surface area (Å²) >= 11 is 0. The van der Waals surface area contributed by atoms with Gasteiger partial charge in [0.2, 0.25) is 0 Å². The Labute approximate surface area is 48.2 Å². The Morgan fingerprint density at radius 1 is 1.71 bits per heavy atom.